The number of rotatable bonds is 4. The van der Waals surface area contributed by atoms with Crippen LogP contribution in [0.25, 0.3) is 0 Å². The SMILES string of the molecule is COc1cccc(S(=O)(=O)N2CCNCCC23CCC3)c1OC. The van der Waals surface area contributed by atoms with E-state index in [1.165, 1.54) is 14.2 Å². The maximum atomic E-state index is 13.4. The van der Waals surface area contributed by atoms with Crippen molar-refractivity contribution in [1.82, 2.24) is 9.62 Å². The molecular formula is C16H24N2O4S. The Morgan fingerprint density at radius 3 is 2.52 bits per heavy atom. The molecule has 0 bridgehead atoms. The van der Waals surface area contributed by atoms with Crippen LogP contribution in [0.5, 0.6) is 11.5 Å². The normalized spacial score (nSPS) is 21.5. The first-order chi connectivity index (χ1) is 11.0. The van der Waals surface area contributed by atoms with Gasteiger partial charge in [0.2, 0.25) is 10.0 Å². The quantitative estimate of drug-likeness (QED) is 0.902. The molecule has 0 unspecified atom stereocenters. The van der Waals surface area contributed by atoms with Crippen molar-refractivity contribution in [2.45, 2.75) is 36.1 Å². The van der Waals surface area contributed by atoms with E-state index in [4.69, 9.17) is 9.47 Å². The van der Waals surface area contributed by atoms with Crippen molar-refractivity contribution in [1.29, 1.82) is 0 Å². The lowest BCUT2D eigenvalue weighted by atomic mass is 9.74. The molecule has 1 N–H and O–H groups in total. The first kappa shape index (κ1) is 16.5. The second kappa shape index (κ2) is 6.30. The Balaban J connectivity index is 2.07. The highest BCUT2D eigenvalue weighted by Crippen LogP contribution is 2.45. The number of ether oxygens (including phenoxy) is 2. The van der Waals surface area contributed by atoms with Gasteiger partial charge in [0, 0.05) is 18.6 Å². The third-order valence-corrected chi connectivity index (χ3v) is 7.03. The van der Waals surface area contributed by atoms with Gasteiger partial charge in [-0.1, -0.05) is 6.07 Å². The zero-order valence-electron chi connectivity index (χ0n) is 13.7. The summed E-state index contributed by atoms with van der Waals surface area (Å²) in [5.41, 5.74) is -0.240. The lowest BCUT2D eigenvalue weighted by Crippen LogP contribution is -2.56. The first-order valence-electron chi connectivity index (χ1n) is 8.00. The van der Waals surface area contributed by atoms with Crippen molar-refractivity contribution < 1.29 is 17.9 Å². The van der Waals surface area contributed by atoms with Crippen LogP contribution in [0.15, 0.2) is 23.1 Å². The van der Waals surface area contributed by atoms with Crippen molar-refractivity contribution in [3.63, 3.8) is 0 Å². The van der Waals surface area contributed by atoms with Gasteiger partial charge in [-0.3, -0.25) is 0 Å². The van der Waals surface area contributed by atoms with Crippen molar-refractivity contribution in [2.24, 2.45) is 0 Å². The second-order valence-corrected chi connectivity index (χ2v) is 7.98. The summed E-state index contributed by atoms with van der Waals surface area (Å²) in [6.07, 6.45) is 3.81. The van der Waals surface area contributed by atoms with Crippen LogP contribution in [0.4, 0.5) is 0 Å². The fourth-order valence-electron chi connectivity index (χ4n) is 3.63. The van der Waals surface area contributed by atoms with Crippen LogP contribution >= 0.6 is 0 Å². The van der Waals surface area contributed by atoms with Gasteiger partial charge in [-0.15, -0.1) is 0 Å². The largest absolute Gasteiger partial charge is 0.493 e. The molecule has 2 aliphatic rings. The fourth-order valence-corrected chi connectivity index (χ4v) is 5.65. The second-order valence-electron chi connectivity index (χ2n) is 6.15. The molecule has 0 amide bonds. The number of sulfonamides is 1. The molecule has 1 saturated heterocycles. The lowest BCUT2D eigenvalue weighted by Gasteiger charge is -2.48. The Morgan fingerprint density at radius 1 is 1.13 bits per heavy atom. The van der Waals surface area contributed by atoms with Crippen LogP contribution in [-0.2, 0) is 10.0 Å². The zero-order valence-corrected chi connectivity index (χ0v) is 14.5. The molecule has 6 nitrogen and oxygen atoms in total. The minimum Gasteiger partial charge on any atom is -0.493 e. The van der Waals surface area contributed by atoms with E-state index in [0.717, 1.165) is 32.2 Å². The molecule has 0 atom stereocenters. The van der Waals surface area contributed by atoms with Gasteiger partial charge in [0.25, 0.3) is 0 Å². The highest BCUT2D eigenvalue weighted by molar-refractivity contribution is 7.89. The Morgan fingerprint density at radius 2 is 1.91 bits per heavy atom. The smallest absolute Gasteiger partial charge is 0.247 e. The molecule has 0 radical (unpaired) electrons. The van der Waals surface area contributed by atoms with Crippen LogP contribution in [0.2, 0.25) is 0 Å². The van der Waals surface area contributed by atoms with Crippen LogP contribution in [0, 0.1) is 0 Å². The molecule has 1 spiro atoms. The van der Waals surface area contributed by atoms with Gasteiger partial charge in [-0.05, 0) is 44.4 Å². The Hall–Kier alpha value is -1.31. The molecule has 2 fully saturated rings. The van der Waals surface area contributed by atoms with Gasteiger partial charge >= 0.3 is 0 Å². The van der Waals surface area contributed by atoms with Gasteiger partial charge in [-0.2, -0.15) is 4.31 Å². The summed E-state index contributed by atoms with van der Waals surface area (Å²) in [6.45, 7) is 2.03. The van der Waals surface area contributed by atoms with Crippen molar-refractivity contribution in [3.8, 4) is 11.5 Å². The molecule has 7 heteroatoms. The van der Waals surface area contributed by atoms with Crippen molar-refractivity contribution >= 4 is 10.0 Å². The Labute approximate surface area is 137 Å². The van der Waals surface area contributed by atoms with E-state index in [1.54, 1.807) is 22.5 Å². The monoisotopic (exact) mass is 340 g/mol. The van der Waals surface area contributed by atoms with Gasteiger partial charge in [0.1, 0.15) is 4.90 Å². The molecule has 1 saturated carbocycles. The topological polar surface area (TPSA) is 67.9 Å². The van der Waals surface area contributed by atoms with Crippen LogP contribution < -0.4 is 14.8 Å². The highest BCUT2D eigenvalue weighted by Gasteiger charge is 2.49. The van der Waals surface area contributed by atoms with E-state index in [1.807, 2.05) is 0 Å². The minimum absolute atomic E-state index is 0.188. The molecule has 1 heterocycles. The predicted octanol–water partition coefficient (Wildman–Crippen LogP) is 1.61. The van der Waals surface area contributed by atoms with E-state index < -0.39 is 10.0 Å². The fraction of sp³-hybridized carbons (Fsp3) is 0.625. The van der Waals surface area contributed by atoms with Gasteiger partial charge in [0.05, 0.1) is 14.2 Å². The summed E-state index contributed by atoms with van der Waals surface area (Å²) in [5.74, 6) is 0.714. The van der Waals surface area contributed by atoms with E-state index in [2.05, 4.69) is 5.32 Å². The van der Waals surface area contributed by atoms with Crippen LogP contribution in [-0.4, -0.2) is 52.1 Å². The van der Waals surface area contributed by atoms with Crippen molar-refractivity contribution in [2.75, 3.05) is 33.9 Å². The van der Waals surface area contributed by atoms with Crippen LogP contribution in [0.3, 0.4) is 0 Å². The van der Waals surface area contributed by atoms with E-state index in [-0.39, 0.29) is 16.2 Å². The molecule has 1 aromatic rings. The summed E-state index contributed by atoms with van der Waals surface area (Å²) in [7, 11) is -0.657. The standard InChI is InChI=1S/C16H24N2O4S/c1-21-13-5-3-6-14(15(13)22-2)23(19,20)18-12-11-17-10-9-16(18)7-4-8-16/h3,5-6,17H,4,7-12H2,1-2H3. The highest BCUT2D eigenvalue weighted by atomic mass is 32.2. The van der Waals surface area contributed by atoms with Gasteiger partial charge in [-0.25, -0.2) is 8.42 Å². The van der Waals surface area contributed by atoms with E-state index in [9.17, 15) is 8.42 Å². The molecule has 23 heavy (non-hydrogen) atoms. The number of methoxy groups -OCH3 is 2. The number of hydrogen-bond acceptors (Lipinski definition) is 5. The summed E-state index contributed by atoms with van der Waals surface area (Å²) >= 11 is 0. The Bertz CT molecular complexity index is 671. The molecule has 3 rings (SSSR count). The predicted molar refractivity (Wildman–Crippen MR) is 87.5 cm³/mol. The first-order valence-corrected chi connectivity index (χ1v) is 9.44. The third-order valence-electron chi connectivity index (χ3n) is 5.01. The number of nitrogens with zero attached hydrogens (tertiary/aromatic N) is 1. The van der Waals surface area contributed by atoms with Crippen molar-refractivity contribution in [3.05, 3.63) is 18.2 Å². The number of benzene rings is 1. The average Bonchev–Trinajstić information content (AvgIpc) is 2.76. The summed E-state index contributed by atoms with van der Waals surface area (Å²) in [4.78, 5) is 0.188. The lowest BCUT2D eigenvalue weighted by molar-refractivity contribution is 0.0907. The maximum Gasteiger partial charge on any atom is 0.247 e. The van der Waals surface area contributed by atoms with E-state index >= 15 is 0 Å². The molecule has 0 aromatic heterocycles. The molecule has 1 aliphatic carbocycles. The van der Waals surface area contributed by atoms with Crippen LogP contribution in [0.1, 0.15) is 25.7 Å². The molecule has 128 valence electrons. The number of hydrogen-bond donors (Lipinski definition) is 1. The zero-order chi connectivity index (χ0) is 16.5. The molecule has 1 aromatic carbocycles. The molecular weight excluding hydrogens is 316 g/mol. The third kappa shape index (κ3) is 2.70. The van der Waals surface area contributed by atoms with E-state index in [0.29, 0.717) is 18.8 Å². The molecule has 1 aliphatic heterocycles. The van der Waals surface area contributed by atoms with Gasteiger partial charge in [0.15, 0.2) is 11.5 Å². The summed E-state index contributed by atoms with van der Waals surface area (Å²) < 4.78 is 39.0. The Kier molecular flexibility index (Phi) is 4.53. The maximum absolute atomic E-state index is 13.4. The summed E-state index contributed by atoms with van der Waals surface area (Å²) in [5, 5.41) is 3.31. The summed E-state index contributed by atoms with van der Waals surface area (Å²) in [6, 6.07) is 5.00. The minimum atomic E-state index is -3.64. The average molecular weight is 340 g/mol. The van der Waals surface area contributed by atoms with Gasteiger partial charge < -0.3 is 14.8 Å². The number of nitrogens with one attached hydrogen (secondary N) is 1. The number of para-hydroxylation sites is 1.